The van der Waals surface area contributed by atoms with Crippen LogP contribution < -0.4 is 9.47 Å². The number of nitrogens with zero attached hydrogens (tertiary/aromatic N) is 1. The molecule has 134 valence electrons. The molecule has 1 N–H and O–H groups in total. The Balaban J connectivity index is 1.36. The van der Waals surface area contributed by atoms with E-state index in [9.17, 15) is 5.11 Å². The zero-order chi connectivity index (χ0) is 16.9. The van der Waals surface area contributed by atoms with Crippen LogP contribution in [0.2, 0.25) is 0 Å². The molecule has 2 aliphatic rings. The number of piperidine rings is 1. The quantitative estimate of drug-likeness (QED) is 0.863. The van der Waals surface area contributed by atoms with Gasteiger partial charge >= 0.3 is 0 Å². The summed E-state index contributed by atoms with van der Waals surface area (Å²) in [7, 11) is 0. The zero-order valence-electron chi connectivity index (χ0n) is 14.7. The summed E-state index contributed by atoms with van der Waals surface area (Å²) in [4.78, 5) is 2.35. The van der Waals surface area contributed by atoms with Gasteiger partial charge in [0, 0.05) is 19.6 Å². The Morgan fingerprint density at radius 2 is 1.92 bits per heavy atom. The molecular weight excluding hydrogens is 306 g/mol. The molecular formula is C19H29NO4. The van der Waals surface area contributed by atoms with Crippen molar-refractivity contribution in [3.63, 3.8) is 0 Å². The topological polar surface area (TPSA) is 51.2 Å². The first-order chi connectivity index (χ1) is 11.6. The summed E-state index contributed by atoms with van der Waals surface area (Å²) < 4.78 is 17.2. The number of β-amino-alcohol motifs (C(OH)–C–C–N with tert-alkyl or cyclic N) is 1. The minimum atomic E-state index is -0.459. The van der Waals surface area contributed by atoms with E-state index < -0.39 is 6.10 Å². The second-order valence-electron chi connectivity index (χ2n) is 7.35. The average Bonchev–Trinajstić information content (AvgIpc) is 2.53. The highest BCUT2D eigenvalue weighted by molar-refractivity contribution is 5.40. The fourth-order valence-electron chi connectivity index (χ4n) is 3.77. The van der Waals surface area contributed by atoms with Gasteiger partial charge in [0.1, 0.15) is 6.61 Å². The third kappa shape index (κ3) is 4.85. The summed E-state index contributed by atoms with van der Waals surface area (Å²) >= 11 is 0. The van der Waals surface area contributed by atoms with Crippen molar-refractivity contribution < 1.29 is 19.3 Å². The summed E-state index contributed by atoms with van der Waals surface area (Å²) in [6.45, 7) is 8.62. The van der Waals surface area contributed by atoms with Crippen molar-refractivity contribution in [1.29, 1.82) is 0 Å². The van der Waals surface area contributed by atoms with Crippen molar-refractivity contribution in [3.8, 4) is 11.5 Å². The number of aliphatic hydroxyl groups excluding tert-OH is 1. The van der Waals surface area contributed by atoms with Gasteiger partial charge in [0.05, 0.1) is 19.3 Å². The first-order valence-electron chi connectivity index (χ1n) is 8.96. The van der Waals surface area contributed by atoms with Crippen LogP contribution in [0.1, 0.15) is 20.3 Å². The van der Waals surface area contributed by atoms with Crippen molar-refractivity contribution in [1.82, 2.24) is 4.90 Å². The van der Waals surface area contributed by atoms with E-state index in [2.05, 4.69) is 18.7 Å². The maximum absolute atomic E-state index is 10.2. The van der Waals surface area contributed by atoms with Gasteiger partial charge in [-0.25, -0.2) is 0 Å². The fraction of sp³-hybridized carbons (Fsp3) is 0.684. The Bertz CT molecular complexity index is 514. The molecule has 0 bridgehead atoms. The molecule has 1 aromatic carbocycles. The summed E-state index contributed by atoms with van der Waals surface area (Å²) in [5.74, 6) is 2.95. The van der Waals surface area contributed by atoms with E-state index in [0.717, 1.165) is 24.6 Å². The van der Waals surface area contributed by atoms with Crippen LogP contribution in [0.5, 0.6) is 11.5 Å². The Kier molecular flexibility index (Phi) is 5.98. The molecule has 0 aliphatic carbocycles. The van der Waals surface area contributed by atoms with Crippen molar-refractivity contribution in [2.45, 2.75) is 32.5 Å². The second kappa shape index (κ2) is 8.19. The molecule has 0 unspecified atom stereocenters. The van der Waals surface area contributed by atoms with Gasteiger partial charge in [-0.15, -0.1) is 0 Å². The Labute approximate surface area is 144 Å². The van der Waals surface area contributed by atoms with Crippen LogP contribution in [0.25, 0.3) is 0 Å². The lowest BCUT2D eigenvalue weighted by atomic mass is 9.92. The van der Waals surface area contributed by atoms with E-state index in [-0.39, 0.29) is 6.10 Å². The molecule has 1 aromatic rings. The number of benzene rings is 1. The average molecular weight is 335 g/mol. The highest BCUT2D eigenvalue weighted by Crippen LogP contribution is 2.30. The van der Waals surface area contributed by atoms with Gasteiger partial charge in [-0.2, -0.15) is 0 Å². The second-order valence-corrected chi connectivity index (χ2v) is 7.35. The zero-order valence-corrected chi connectivity index (χ0v) is 14.7. The summed E-state index contributed by atoms with van der Waals surface area (Å²) in [5, 5.41) is 10.2. The number of likely N-dealkylation sites (tertiary alicyclic amines) is 1. The lowest BCUT2D eigenvalue weighted by Crippen LogP contribution is -2.44. The van der Waals surface area contributed by atoms with Gasteiger partial charge in [-0.3, -0.25) is 0 Å². The SMILES string of the molecule is C[C@@H]1C[C@@H](C)CN(C[C@H](O)COC[C@@H]2COc3ccccc3O2)C1. The molecule has 2 heterocycles. The fourth-order valence-corrected chi connectivity index (χ4v) is 3.77. The maximum Gasteiger partial charge on any atom is 0.161 e. The molecule has 0 spiro atoms. The molecule has 2 aliphatic heterocycles. The third-order valence-corrected chi connectivity index (χ3v) is 4.59. The lowest BCUT2D eigenvalue weighted by Gasteiger charge is -2.36. The maximum atomic E-state index is 10.2. The molecule has 1 fully saturated rings. The van der Waals surface area contributed by atoms with Gasteiger partial charge in [-0.1, -0.05) is 26.0 Å². The van der Waals surface area contributed by atoms with Crippen molar-refractivity contribution in [2.24, 2.45) is 11.8 Å². The van der Waals surface area contributed by atoms with E-state index in [1.54, 1.807) is 0 Å². The molecule has 1 saturated heterocycles. The van der Waals surface area contributed by atoms with Crippen LogP contribution in [0.15, 0.2) is 24.3 Å². The van der Waals surface area contributed by atoms with E-state index in [4.69, 9.17) is 14.2 Å². The predicted octanol–water partition coefficient (Wildman–Crippen LogP) is 2.18. The molecule has 3 rings (SSSR count). The third-order valence-electron chi connectivity index (χ3n) is 4.59. The Hall–Kier alpha value is -1.30. The van der Waals surface area contributed by atoms with Crippen LogP contribution in [0.3, 0.4) is 0 Å². The van der Waals surface area contributed by atoms with Crippen LogP contribution in [-0.2, 0) is 4.74 Å². The van der Waals surface area contributed by atoms with Gasteiger partial charge < -0.3 is 24.2 Å². The van der Waals surface area contributed by atoms with Gasteiger partial charge in [0.2, 0.25) is 0 Å². The van der Waals surface area contributed by atoms with Crippen LogP contribution in [0.4, 0.5) is 0 Å². The largest absolute Gasteiger partial charge is 0.486 e. The number of hydrogen-bond donors (Lipinski definition) is 1. The van der Waals surface area contributed by atoms with Gasteiger partial charge in [-0.05, 0) is 30.4 Å². The summed E-state index contributed by atoms with van der Waals surface area (Å²) in [5.41, 5.74) is 0. The monoisotopic (exact) mass is 335 g/mol. The van der Waals surface area contributed by atoms with Crippen molar-refractivity contribution >= 4 is 0 Å². The first kappa shape index (κ1) is 17.5. The number of fused-ring (bicyclic) bond motifs is 1. The molecule has 4 atom stereocenters. The molecule has 5 nitrogen and oxygen atoms in total. The molecule has 0 aromatic heterocycles. The molecule has 0 amide bonds. The predicted molar refractivity (Wildman–Crippen MR) is 92.6 cm³/mol. The minimum Gasteiger partial charge on any atom is -0.486 e. The highest BCUT2D eigenvalue weighted by Gasteiger charge is 2.24. The van der Waals surface area contributed by atoms with Crippen LogP contribution in [0, 0.1) is 11.8 Å². The lowest BCUT2D eigenvalue weighted by molar-refractivity contribution is -0.0331. The minimum absolute atomic E-state index is 0.123. The van der Waals surface area contributed by atoms with Crippen LogP contribution in [-0.4, -0.2) is 61.7 Å². The number of hydrogen-bond acceptors (Lipinski definition) is 5. The summed E-state index contributed by atoms with van der Waals surface area (Å²) in [6.07, 6.45) is 0.699. The van der Waals surface area contributed by atoms with Gasteiger partial charge in [0.15, 0.2) is 17.6 Å². The smallest absolute Gasteiger partial charge is 0.161 e. The number of para-hydroxylation sites is 2. The summed E-state index contributed by atoms with van der Waals surface area (Å²) in [6, 6.07) is 7.65. The Morgan fingerprint density at radius 1 is 1.21 bits per heavy atom. The van der Waals surface area contributed by atoms with E-state index in [1.807, 2.05) is 24.3 Å². The van der Waals surface area contributed by atoms with E-state index in [1.165, 1.54) is 6.42 Å². The van der Waals surface area contributed by atoms with Gasteiger partial charge in [0.25, 0.3) is 0 Å². The first-order valence-corrected chi connectivity index (χ1v) is 8.96. The number of ether oxygens (including phenoxy) is 3. The number of aliphatic hydroxyl groups is 1. The normalized spacial score (nSPS) is 28.5. The highest BCUT2D eigenvalue weighted by atomic mass is 16.6. The van der Waals surface area contributed by atoms with Crippen molar-refractivity contribution in [2.75, 3.05) is 39.5 Å². The van der Waals surface area contributed by atoms with E-state index >= 15 is 0 Å². The molecule has 24 heavy (non-hydrogen) atoms. The standard InChI is InChI=1S/C19H29NO4/c1-14-7-15(2)9-20(8-14)10-16(21)11-22-12-17-13-23-18-5-3-4-6-19(18)24-17/h3-6,14-17,21H,7-13H2,1-2H3/t14-,15-,16+,17-/m1/s1. The van der Waals surface area contributed by atoms with Crippen LogP contribution >= 0.6 is 0 Å². The molecule has 0 radical (unpaired) electrons. The number of rotatable bonds is 6. The van der Waals surface area contributed by atoms with E-state index in [0.29, 0.717) is 38.2 Å². The Morgan fingerprint density at radius 3 is 2.67 bits per heavy atom. The molecule has 0 saturated carbocycles. The van der Waals surface area contributed by atoms with Crippen molar-refractivity contribution in [3.05, 3.63) is 24.3 Å². The molecule has 5 heteroatoms.